The molecule has 0 aliphatic carbocycles. The van der Waals surface area contributed by atoms with Crippen LogP contribution in [0.3, 0.4) is 0 Å². The van der Waals surface area contributed by atoms with E-state index in [0.717, 1.165) is 21.0 Å². The summed E-state index contributed by atoms with van der Waals surface area (Å²) in [6.07, 6.45) is -2.89. The Hall–Kier alpha value is -2.10. The van der Waals surface area contributed by atoms with Crippen molar-refractivity contribution in [2.75, 3.05) is 7.11 Å². The fourth-order valence-corrected chi connectivity index (χ4v) is 1.08. The molecule has 94 valence electrons. The summed E-state index contributed by atoms with van der Waals surface area (Å²) in [5, 5.41) is 8.55. The van der Waals surface area contributed by atoms with E-state index in [1.165, 1.54) is 0 Å². The van der Waals surface area contributed by atoms with Crippen LogP contribution in [0.15, 0.2) is 0 Å². The van der Waals surface area contributed by atoms with Gasteiger partial charge in [-0.3, -0.25) is 9.59 Å². The Bertz CT molecular complexity index is 345. The monoisotopic (exact) mass is 243 g/mol. The van der Waals surface area contributed by atoms with Gasteiger partial charge in [0.15, 0.2) is 6.10 Å². The summed E-state index contributed by atoms with van der Waals surface area (Å²) >= 11 is 0. The normalized spacial score (nSPS) is 12.8. The number of rotatable bonds is 5. The van der Waals surface area contributed by atoms with Crippen LogP contribution < -0.4 is 0 Å². The number of nitriles is 1. The Morgan fingerprint density at radius 2 is 1.71 bits per heavy atom. The fourth-order valence-electron chi connectivity index (χ4n) is 1.08. The third-order valence-corrected chi connectivity index (χ3v) is 1.67. The first kappa shape index (κ1) is 14.9. The second kappa shape index (κ2) is 7.22. The summed E-state index contributed by atoms with van der Waals surface area (Å²) in [5.41, 5.74) is 0. The lowest BCUT2D eigenvalue weighted by molar-refractivity contribution is -0.178. The molecule has 7 heteroatoms. The Kier molecular flexibility index (Phi) is 6.33. The highest BCUT2D eigenvalue weighted by atomic mass is 16.6. The van der Waals surface area contributed by atoms with Gasteiger partial charge < -0.3 is 14.2 Å². The Morgan fingerprint density at radius 1 is 1.18 bits per heavy atom. The first-order valence-corrected chi connectivity index (χ1v) is 4.71. The van der Waals surface area contributed by atoms with Crippen molar-refractivity contribution in [1.29, 1.82) is 5.26 Å². The maximum absolute atomic E-state index is 11.3. The molecule has 0 rings (SSSR count). The number of ether oxygens (including phenoxy) is 3. The van der Waals surface area contributed by atoms with Gasteiger partial charge in [-0.1, -0.05) is 0 Å². The third kappa shape index (κ3) is 5.51. The number of methoxy groups -OCH3 is 1. The largest absolute Gasteiger partial charge is 0.466 e. The van der Waals surface area contributed by atoms with E-state index in [1.807, 2.05) is 0 Å². The molecule has 0 radical (unpaired) electrons. The van der Waals surface area contributed by atoms with E-state index >= 15 is 0 Å². The summed E-state index contributed by atoms with van der Waals surface area (Å²) in [4.78, 5) is 33.0. The summed E-state index contributed by atoms with van der Waals surface area (Å²) < 4.78 is 13.8. The van der Waals surface area contributed by atoms with Crippen LogP contribution in [-0.4, -0.2) is 37.2 Å². The highest BCUT2D eigenvalue weighted by Gasteiger charge is 2.34. The fraction of sp³-hybridized carbons (Fsp3) is 0.600. The lowest BCUT2D eigenvalue weighted by Crippen LogP contribution is -2.41. The molecule has 0 aromatic rings. The predicted molar refractivity (Wildman–Crippen MR) is 53.4 cm³/mol. The summed E-state index contributed by atoms with van der Waals surface area (Å²) in [7, 11) is 1.09. The molecule has 17 heavy (non-hydrogen) atoms. The van der Waals surface area contributed by atoms with Crippen LogP contribution in [0, 0.1) is 11.3 Å². The van der Waals surface area contributed by atoms with E-state index in [9.17, 15) is 14.4 Å². The van der Waals surface area contributed by atoms with Gasteiger partial charge in [0, 0.05) is 13.8 Å². The highest BCUT2D eigenvalue weighted by molar-refractivity contribution is 5.79. The summed E-state index contributed by atoms with van der Waals surface area (Å²) in [5.74, 6) is -2.32. The molecule has 0 fully saturated rings. The standard InChI is InChI=1S/C10H13NO6/c1-6(12)16-8(4-5-11)9(10(14)15-3)17-7(2)13/h8-9H,4H2,1-3H3/t8-,9+/m1/s1. The maximum Gasteiger partial charge on any atom is 0.351 e. The molecule has 0 saturated heterocycles. The van der Waals surface area contributed by atoms with Crippen molar-refractivity contribution < 1.29 is 28.6 Å². The maximum atomic E-state index is 11.3. The number of esters is 3. The summed E-state index contributed by atoms with van der Waals surface area (Å²) in [6, 6.07) is 1.73. The van der Waals surface area contributed by atoms with Crippen molar-refractivity contribution in [3.05, 3.63) is 0 Å². The quantitative estimate of drug-likeness (QED) is 0.492. The lowest BCUT2D eigenvalue weighted by Gasteiger charge is -2.22. The van der Waals surface area contributed by atoms with E-state index in [0.29, 0.717) is 0 Å². The minimum atomic E-state index is -1.43. The molecule has 0 aromatic carbocycles. The van der Waals surface area contributed by atoms with E-state index in [-0.39, 0.29) is 6.42 Å². The third-order valence-electron chi connectivity index (χ3n) is 1.67. The molecule has 0 amide bonds. The minimum absolute atomic E-state index is 0.285. The van der Waals surface area contributed by atoms with Crippen LogP contribution >= 0.6 is 0 Å². The van der Waals surface area contributed by atoms with E-state index in [2.05, 4.69) is 9.47 Å². The van der Waals surface area contributed by atoms with Gasteiger partial charge in [-0.15, -0.1) is 0 Å². The Labute approximate surface area is 98.2 Å². The van der Waals surface area contributed by atoms with Gasteiger partial charge in [0.1, 0.15) is 0 Å². The predicted octanol–water partition coefficient (Wildman–Crippen LogP) is -0.0635. The van der Waals surface area contributed by atoms with Crippen LogP contribution in [0.4, 0.5) is 0 Å². The van der Waals surface area contributed by atoms with Crippen molar-refractivity contribution in [2.24, 2.45) is 0 Å². The van der Waals surface area contributed by atoms with Crippen LogP contribution in [0.2, 0.25) is 0 Å². The van der Waals surface area contributed by atoms with Gasteiger partial charge >= 0.3 is 17.9 Å². The van der Waals surface area contributed by atoms with Gasteiger partial charge in [-0.05, 0) is 0 Å². The Balaban J connectivity index is 4.92. The van der Waals surface area contributed by atoms with Crippen molar-refractivity contribution in [3.8, 4) is 6.07 Å². The first-order valence-electron chi connectivity index (χ1n) is 4.71. The SMILES string of the molecule is COC(=O)[C@@H](OC(C)=O)[C@@H](CC#N)OC(C)=O. The van der Waals surface area contributed by atoms with Gasteiger partial charge in [0.05, 0.1) is 19.6 Å². The molecule has 7 nitrogen and oxygen atoms in total. The van der Waals surface area contributed by atoms with Crippen molar-refractivity contribution >= 4 is 17.9 Å². The second-order valence-electron chi connectivity index (χ2n) is 3.06. The van der Waals surface area contributed by atoms with Gasteiger partial charge in [0.25, 0.3) is 0 Å². The molecule has 0 aliphatic heterocycles. The average Bonchev–Trinajstić information content (AvgIpc) is 2.23. The second-order valence-corrected chi connectivity index (χ2v) is 3.06. The average molecular weight is 243 g/mol. The number of nitrogens with zero attached hydrogens (tertiary/aromatic N) is 1. The van der Waals surface area contributed by atoms with Gasteiger partial charge in [-0.2, -0.15) is 5.26 Å². The van der Waals surface area contributed by atoms with Crippen molar-refractivity contribution in [1.82, 2.24) is 0 Å². The van der Waals surface area contributed by atoms with Crippen LogP contribution in [-0.2, 0) is 28.6 Å². The highest BCUT2D eigenvalue weighted by Crippen LogP contribution is 2.11. The number of carbonyl (C=O) groups is 3. The van der Waals surface area contributed by atoms with Crippen LogP contribution in [0.1, 0.15) is 20.3 Å². The van der Waals surface area contributed by atoms with Crippen LogP contribution in [0.5, 0.6) is 0 Å². The zero-order chi connectivity index (χ0) is 13.4. The van der Waals surface area contributed by atoms with E-state index in [4.69, 9.17) is 10.00 Å². The van der Waals surface area contributed by atoms with Gasteiger partial charge in [0.2, 0.25) is 6.10 Å². The molecule has 0 saturated carbocycles. The molecule has 0 aromatic heterocycles. The van der Waals surface area contributed by atoms with Crippen molar-refractivity contribution in [3.63, 3.8) is 0 Å². The topological polar surface area (TPSA) is 103 Å². The number of hydrogen-bond donors (Lipinski definition) is 0. The number of hydrogen-bond acceptors (Lipinski definition) is 7. The molecule has 0 N–H and O–H groups in total. The molecule has 0 heterocycles. The molecule has 0 aliphatic rings. The van der Waals surface area contributed by atoms with Crippen molar-refractivity contribution in [2.45, 2.75) is 32.5 Å². The zero-order valence-corrected chi connectivity index (χ0v) is 9.76. The molecule has 0 spiro atoms. The van der Waals surface area contributed by atoms with E-state index < -0.39 is 30.1 Å². The lowest BCUT2D eigenvalue weighted by atomic mass is 10.1. The van der Waals surface area contributed by atoms with E-state index in [1.54, 1.807) is 6.07 Å². The Morgan fingerprint density at radius 3 is 2.06 bits per heavy atom. The number of carbonyl (C=O) groups excluding carboxylic acids is 3. The van der Waals surface area contributed by atoms with Crippen LogP contribution in [0.25, 0.3) is 0 Å². The first-order chi connectivity index (χ1) is 7.92. The smallest absolute Gasteiger partial charge is 0.351 e. The zero-order valence-electron chi connectivity index (χ0n) is 9.76. The minimum Gasteiger partial charge on any atom is -0.466 e. The van der Waals surface area contributed by atoms with Gasteiger partial charge in [-0.25, -0.2) is 4.79 Å². The molecule has 0 bridgehead atoms. The molecule has 2 atom stereocenters. The molecular weight excluding hydrogens is 230 g/mol. The summed E-state index contributed by atoms with van der Waals surface area (Å²) in [6.45, 7) is 2.21. The molecular formula is C10H13NO6. The molecule has 0 unspecified atom stereocenters.